The van der Waals surface area contributed by atoms with Crippen LogP contribution in [0.1, 0.15) is 26.4 Å². The zero-order valence-electron chi connectivity index (χ0n) is 18.7. The summed E-state index contributed by atoms with van der Waals surface area (Å²) >= 11 is 7.60. The minimum atomic E-state index is -0.862. The lowest BCUT2D eigenvalue weighted by atomic mass is 10.0. The quantitative estimate of drug-likeness (QED) is 0.236. The summed E-state index contributed by atoms with van der Waals surface area (Å²) in [4.78, 5) is 28.9. The number of benzene rings is 3. The summed E-state index contributed by atoms with van der Waals surface area (Å²) in [6.45, 7) is 2.06. The Morgan fingerprint density at radius 2 is 1.74 bits per heavy atom. The second-order valence-corrected chi connectivity index (χ2v) is 9.68. The molecular formula is C28H20ClNO4S. The lowest BCUT2D eigenvalue weighted by Crippen LogP contribution is -2.36. The molecule has 0 saturated carbocycles. The van der Waals surface area contributed by atoms with Crippen molar-refractivity contribution in [3.05, 3.63) is 116 Å². The number of thiophene rings is 1. The highest BCUT2D eigenvalue weighted by atomic mass is 35.5. The molecular weight excluding hydrogens is 482 g/mol. The molecule has 2 heterocycles. The molecule has 0 atom stereocenters. The van der Waals surface area contributed by atoms with Gasteiger partial charge in [0, 0.05) is 21.9 Å². The third kappa shape index (κ3) is 4.46. The van der Waals surface area contributed by atoms with E-state index in [-0.39, 0.29) is 11.3 Å². The third-order valence-electron chi connectivity index (χ3n) is 5.77. The summed E-state index contributed by atoms with van der Waals surface area (Å²) in [7, 11) is 0. The molecule has 4 aromatic rings. The number of anilines is 1. The Hall–Kier alpha value is -3.87. The smallest absolute Gasteiger partial charge is 0.426 e. The van der Waals surface area contributed by atoms with Crippen molar-refractivity contribution in [1.82, 2.24) is 0 Å². The molecule has 0 saturated heterocycles. The first-order valence-corrected chi connectivity index (χ1v) is 12.1. The molecule has 2 amide bonds. The van der Waals surface area contributed by atoms with Gasteiger partial charge in [0.1, 0.15) is 11.5 Å². The van der Waals surface area contributed by atoms with Gasteiger partial charge in [-0.1, -0.05) is 54.1 Å². The molecule has 0 spiro atoms. The van der Waals surface area contributed by atoms with Crippen LogP contribution in [0.15, 0.2) is 84.9 Å². The van der Waals surface area contributed by atoms with Crippen molar-refractivity contribution in [1.29, 1.82) is 0 Å². The highest BCUT2D eigenvalue weighted by molar-refractivity contribution is 7.13. The summed E-state index contributed by atoms with van der Waals surface area (Å²) in [6.07, 6.45) is -0.148. The monoisotopic (exact) mass is 501 g/mol. The number of rotatable bonds is 4. The molecule has 5 nitrogen and oxygen atoms in total. The number of carbonyl (C=O) groups excluding carboxylic acids is 2. The molecule has 1 aliphatic heterocycles. The van der Waals surface area contributed by atoms with E-state index in [2.05, 4.69) is 19.1 Å². The fourth-order valence-corrected chi connectivity index (χ4v) is 5.16. The molecule has 7 heteroatoms. The maximum absolute atomic E-state index is 13.4. The molecule has 0 radical (unpaired) electrons. The molecule has 174 valence electrons. The summed E-state index contributed by atoms with van der Waals surface area (Å²) in [5.41, 5.74) is 3.07. The van der Waals surface area contributed by atoms with Crippen LogP contribution in [-0.4, -0.2) is 17.1 Å². The van der Waals surface area contributed by atoms with Gasteiger partial charge in [-0.25, -0.2) is 9.69 Å². The Kier molecular flexibility index (Phi) is 6.16. The second kappa shape index (κ2) is 9.41. The van der Waals surface area contributed by atoms with Crippen LogP contribution in [0.25, 0.3) is 11.3 Å². The van der Waals surface area contributed by atoms with E-state index >= 15 is 0 Å². The molecule has 0 aliphatic carbocycles. The van der Waals surface area contributed by atoms with Crippen molar-refractivity contribution in [2.24, 2.45) is 0 Å². The van der Waals surface area contributed by atoms with E-state index in [4.69, 9.17) is 16.3 Å². The number of aliphatic hydroxyl groups is 1. The SMILES string of the molecule is Cc1ccccc1Cc1ccc(C(O)=C2C(=O)N(C(=O)Oc3ccccc3)c3ccc(Cl)cc32)s1. The molecule has 3 aromatic carbocycles. The van der Waals surface area contributed by atoms with Crippen LogP contribution < -0.4 is 9.64 Å². The molecule has 0 fully saturated rings. The maximum atomic E-state index is 13.4. The standard InChI is InChI=1S/C28H20ClNO4S/c1-17-7-5-6-8-18(17)15-21-12-14-24(35-21)26(31)25-22-16-19(29)11-13-23(22)30(27(25)32)28(33)34-20-9-3-2-4-10-20/h2-14,16,31H,15H2,1H3. The van der Waals surface area contributed by atoms with Gasteiger partial charge >= 0.3 is 6.09 Å². The minimum Gasteiger partial charge on any atom is -0.506 e. The van der Waals surface area contributed by atoms with Crippen LogP contribution in [0.4, 0.5) is 10.5 Å². The molecule has 35 heavy (non-hydrogen) atoms. The van der Waals surface area contributed by atoms with Crippen molar-refractivity contribution in [3.63, 3.8) is 0 Å². The van der Waals surface area contributed by atoms with Crippen molar-refractivity contribution in [3.8, 4) is 5.75 Å². The van der Waals surface area contributed by atoms with E-state index in [9.17, 15) is 14.7 Å². The number of carbonyl (C=O) groups is 2. The molecule has 5 rings (SSSR count). The second-order valence-electron chi connectivity index (χ2n) is 8.08. The van der Waals surface area contributed by atoms with Crippen molar-refractivity contribution in [2.75, 3.05) is 4.90 Å². The minimum absolute atomic E-state index is 0.0109. The van der Waals surface area contributed by atoms with Crippen LogP contribution in [0.2, 0.25) is 5.02 Å². The van der Waals surface area contributed by atoms with Gasteiger partial charge in [0.15, 0.2) is 0 Å². The van der Waals surface area contributed by atoms with Crippen LogP contribution in [0, 0.1) is 6.92 Å². The van der Waals surface area contributed by atoms with Gasteiger partial charge in [0.05, 0.1) is 16.1 Å². The number of fused-ring (bicyclic) bond motifs is 1. The lowest BCUT2D eigenvalue weighted by Gasteiger charge is -2.14. The number of halogens is 1. The first-order chi connectivity index (χ1) is 16.9. The van der Waals surface area contributed by atoms with Gasteiger partial charge in [-0.3, -0.25) is 4.79 Å². The normalized spacial score (nSPS) is 14.1. The first-order valence-electron chi connectivity index (χ1n) is 10.9. The van der Waals surface area contributed by atoms with E-state index in [1.165, 1.54) is 22.5 Å². The fourth-order valence-electron chi connectivity index (χ4n) is 4.00. The van der Waals surface area contributed by atoms with Gasteiger partial charge in [-0.05, 0) is 60.5 Å². The summed E-state index contributed by atoms with van der Waals surface area (Å²) in [6, 6.07) is 25.1. The molecule has 1 aliphatic rings. The average molecular weight is 502 g/mol. The Bertz CT molecular complexity index is 1480. The predicted octanol–water partition coefficient (Wildman–Crippen LogP) is 7.27. The van der Waals surface area contributed by atoms with E-state index in [0.29, 0.717) is 33.3 Å². The van der Waals surface area contributed by atoms with Gasteiger partial charge in [0.2, 0.25) is 0 Å². The first kappa shape index (κ1) is 22.9. The zero-order chi connectivity index (χ0) is 24.5. The Morgan fingerprint density at radius 1 is 1.00 bits per heavy atom. The van der Waals surface area contributed by atoms with E-state index in [1.807, 2.05) is 18.2 Å². The lowest BCUT2D eigenvalue weighted by molar-refractivity contribution is -0.112. The molecule has 0 bridgehead atoms. The van der Waals surface area contributed by atoms with Crippen LogP contribution in [0.5, 0.6) is 5.75 Å². The van der Waals surface area contributed by atoms with E-state index in [0.717, 1.165) is 9.78 Å². The number of para-hydroxylation sites is 1. The van der Waals surface area contributed by atoms with Crippen LogP contribution >= 0.6 is 22.9 Å². The number of hydrogen-bond donors (Lipinski definition) is 1. The van der Waals surface area contributed by atoms with Gasteiger partial charge in [-0.2, -0.15) is 0 Å². The number of imide groups is 1. The number of nitrogens with zero attached hydrogens (tertiary/aromatic N) is 1. The third-order valence-corrected chi connectivity index (χ3v) is 7.10. The Morgan fingerprint density at radius 3 is 2.51 bits per heavy atom. The summed E-state index contributed by atoms with van der Waals surface area (Å²) < 4.78 is 5.40. The van der Waals surface area contributed by atoms with Gasteiger partial charge < -0.3 is 9.84 Å². The van der Waals surface area contributed by atoms with E-state index < -0.39 is 12.0 Å². The largest absolute Gasteiger partial charge is 0.506 e. The molecule has 1 aromatic heterocycles. The highest BCUT2D eigenvalue weighted by Crippen LogP contribution is 2.43. The van der Waals surface area contributed by atoms with E-state index in [1.54, 1.807) is 54.6 Å². The van der Waals surface area contributed by atoms with Gasteiger partial charge in [0.25, 0.3) is 5.91 Å². The van der Waals surface area contributed by atoms with Crippen molar-refractivity contribution >= 4 is 52.0 Å². The predicted molar refractivity (Wildman–Crippen MR) is 139 cm³/mol. The highest BCUT2D eigenvalue weighted by Gasteiger charge is 2.40. The fraction of sp³-hybridized carbons (Fsp3) is 0.0714. The van der Waals surface area contributed by atoms with Gasteiger partial charge in [-0.15, -0.1) is 11.3 Å². The maximum Gasteiger partial charge on any atom is 0.426 e. The number of amides is 2. The number of aryl methyl sites for hydroxylation is 1. The summed E-state index contributed by atoms with van der Waals surface area (Å²) in [5, 5.41) is 11.6. The number of hydrogen-bond acceptors (Lipinski definition) is 5. The van der Waals surface area contributed by atoms with Crippen molar-refractivity contribution in [2.45, 2.75) is 13.3 Å². The Balaban J connectivity index is 1.51. The number of ether oxygens (including phenoxy) is 1. The zero-order valence-corrected chi connectivity index (χ0v) is 20.3. The van der Waals surface area contributed by atoms with Crippen molar-refractivity contribution < 1.29 is 19.4 Å². The van der Waals surface area contributed by atoms with Crippen LogP contribution in [-0.2, 0) is 11.2 Å². The topological polar surface area (TPSA) is 66.8 Å². The molecule has 0 unspecified atom stereocenters. The average Bonchev–Trinajstić information content (AvgIpc) is 3.42. The molecule has 1 N–H and O–H groups in total. The number of aliphatic hydroxyl groups excluding tert-OH is 1. The Labute approximate surface area is 211 Å². The summed E-state index contributed by atoms with van der Waals surface area (Å²) in [5.74, 6) is -0.564. The van der Waals surface area contributed by atoms with Crippen LogP contribution in [0.3, 0.4) is 0 Å².